The number of aromatic nitrogens is 2. The van der Waals surface area contributed by atoms with E-state index in [-0.39, 0.29) is 16.2 Å². The number of benzene rings is 2. The quantitative estimate of drug-likeness (QED) is 0.535. The van der Waals surface area contributed by atoms with Gasteiger partial charge in [0, 0.05) is 24.7 Å². The topological polar surface area (TPSA) is 93.5 Å². The number of sulfonamides is 1. The zero-order valence-electron chi connectivity index (χ0n) is 19.8. The molecule has 0 saturated carbocycles. The van der Waals surface area contributed by atoms with Crippen molar-refractivity contribution in [1.82, 2.24) is 14.1 Å². The number of methoxy groups -OCH3 is 1. The van der Waals surface area contributed by atoms with Gasteiger partial charge in [0.05, 0.1) is 18.5 Å². The fraction of sp³-hybridized carbons (Fsp3) is 0.333. The number of nitrogens with one attached hydrogen (secondary N) is 1. The standard InChI is InChI=1S/C24H30N4O4S/c1-7-27(8-2)33(30,31)22-15-19(9-10-21(22)32-6)24(29)25-23-14-18(5)26-28(23)20-12-16(3)11-17(4)13-20/h9-15H,7-8H2,1-6H3,(H,25,29). The van der Waals surface area contributed by atoms with Gasteiger partial charge in [-0.1, -0.05) is 19.9 Å². The fourth-order valence-corrected chi connectivity index (χ4v) is 5.41. The van der Waals surface area contributed by atoms with Gasteiger partial charge in [0.2, 0.25) is 10.0 Å². The normalized spacial score (nSPS) is 11.6. The van der Waals surface area contributed by atoms with Gasteiger partial charge in [-0.25, -0.2) is 13.1 Å². The highest BCUT2D eigenvalue weighted by Crippen LogP contribution is 2.28. The molecule has 1 aromatic heterocycles. The van der Waals surface area contributed by atoms with Gasteiger partial charge < -0.3 is 10.1 Å². The van der Waals surface area contributed by atoms with Crippen LogP contribution in [0.5, 0.6) is 5.75 Å². The van der Waals surface area contributed by atoms with Crippen LogP contribution in [0.4, 0.5) is 5.82 Å². The van der Waals surface area contributed by atoms with Crippen molar-refractivity contribution in [2.45, 2.75) is 39.5 Å². The molecule has 176 valence electrons. The molecule has 8 nitrogen and oxygen atoms in total. The molecule has 1 amide bonds. The van der Waals surface area contributed by atoms with E-state index in [1.807, 2.05) is 32.9 Å². The van der Waals surface area contributed by atoms with Crippen LogP contribution >= 0.6 is 0 Å². The van der Waals surface area contributed by atoms with Crippen molar-refractivity contribution in [3.8, 4) is 11.4 Å². The van der Waals surface area contributed by atoms with Crippen LogP contribution < -0.4 is 10.1 Å². The number of carbonyl (C=O) groups excluding carboxylic acids is 1. The third-order valence-electron chi connectivity index (χ3n) is 5.27. The summed E-state index contributed by atoms with van der Waals surface area (Å²) in [4.78, 5) is 13.1. The Morgan fingerprint density at radius 1 is 1.03 bits per heavy atom. The molecule has 0 unspecified atom stereocenters. The first-order valence-corrected chi connectivity index (χ1v) is 12.2. The molecule has 0 aliphatic carbocycles. The van der Waals surface area contributed by atoms with Gasteiger partial charge in [-0.2, -0.15) is 9.40 Å². The van der Waals surface area contributed by atoms with Crippen molar-refractivity contribution in [1.29, 1.82) is 0 Å². The van der Waals surface area contributed by atoms with E-state index in [9.17, 15) is 13.2 Å². The number of amides is 1. The van der Waals surface area contributed by atoms with E-state index in [2.05, 4.69) is 16.5 Å². The van der Waals surface area contributed by atoms with Crippen molar-refractivity contribution < 1.29 is 17.9 Å². The minimum Gasteiger partial charge on any atom is -0.495 e. The van der Waals surface area contributed by atoms with Crippen molar-refractivity contribution in [2.24, 2.45) is 0 Å². The number of aryl methyl sites for hydroxylation is 3. The van der Waals surface area contributed by atoms with Crippen molar-refractivity contribution >= 4 is 21.7 Å². The Morgan fingerprint density at radius 3 is 2.24 bits per heavy atom. The third kappa shape index (κ3) is 5.09. The van der Waals surface area contributed by atoms with E-state index >= 15 is 0 Å². The summed E-state index contributed by atoms with van der Waals surface area (Å²) >= 11 is 0. The fourth-order valence-electron chi connectivity index (χ4n) is 3.77. The molecule has 33 heavy (non-hydrogen) atoms. The molecule has 0 radical (unpaired) electrons. The van der Waals surface area contributed by atoms with E-state index in [0.29, 0.717) is 18.9 Å². The number of anilines is 1. The summed E-state index contributed by atoms with van der Waals surface area (Å²) in [6.45, 7) is 10.00. The Hall–Kier alpha value is -3.17. The Bertz CT molecular complexity index is 1260. The molecule has 0 fully saturated rings. The van der Waals surface area contributed by atoms with Crippen molar-refractivity contribution in [2.75, 3.05) is 25.5 Å². The average molecular weight is 471 g/mol. The summed E-state index contributed by atoms with van der Waals surface area (Å²) in [6, 6.07) is 12.2. The maximum absolute atomic E-state index is 13.1. The minimum atomic E-state index is -3.82. The smallest absolute Gasteiger partial charge is 0.256 e. The van der Waals surface area contributed by atoms with Crippen molar-refractivity contribution in [3.05, 3.63) is 64.8 Å². The molecule has 0 aliphatic heterocycles. The Morgan fingerprint density at radius 2 is 1.67 bits per heavy atom. The summed E-state index contributed by atoms with van der Waals surface area (Å²) < 4.78 is 34.5. The van der Waals surface area contributed by atoms with Gasteiger partial charge in [0.1, 0.15) is 16.5 Å². The highest BCUT2D eigenvalue weighted by molar-refractivity contribution is 7.89. The predicted octanol–water partition coefficient (Wildman–Crippen LogP) is 4.09. The SMILES string of the molecule is CCN(CC)S(=O)(=O)c1cc(C(=O)Nc2cc(C)nn2-c2cc(C)cc(C)c2)ccc1OC. The molecule has 3 aromatic rings. The lowest BCUT2D eigenvalue weighted by molar-refractivity contribution is 0.102. The van der Waals surface area contributed by atoms with E-state index in [4.69, 9.17) is 4.74 Å². The lowest BCUT2D eigenvalue weighted by atomic mass is 10.1. The Kier molecular flexibility index (Phi) is 7.24. The average Bonchev–Trinajstić information content (AvgIpc) is 3.13. The van der Waals surface area contributed by atoms with Crippen LogP contribution in [-0.2, 0) is 10.0 Å². The molecule has 0 atom stereocenters. The molecule has 0 bridgehead atoms. The number of hydrogen-bond donors (Lipinski definition) is 1. The summed E-state index contributed by atoms with van der Waals surface area (Å²) in [7, 11) is -2.41. The first kappa shape index (κ1) is 24.5. The van der Waals surface area contributed by atoms with Gasteiger partial charge in [0.25, 0.3) is 5.91 Å². The maximum atomic E-state index is 13.1. The van der Waals surface area contributed by atoms with Crippen LogP contribution in [-0.4, -0.2) is 48.6 Å². The molecular weight excluding hydrogens is 440 g/mol. The molecule has 0 saturated heterocycles. The summed E-state index contributed by atoms with van der Waals surface area (Å²) in [5.74, 6) is 0.236. The molecular formula is C24H30N4O4S. The van der Waals surface area contributed by atoms with Gasteiger partial charge >= 0.3 is 0 Å². The molecule has 9 heteroatoms. The van der Waals surface area contributed by atoms with Gasteiger partial charge in [0.15, 0.2) is 0 Å². The van der Waals surface area contributed by atoms with Crippen molar-refractivity contribution in [3.63, 3.8) is 0 Å². The molecule has 2 aromatic carbocycles. The monoisotopic (exact) mass is 470 g/mol. The molecule has 1 N–H and O–H groups in total. The molecule has 3 rings (SSSR count). The van der Waals surface area contributed by atoms with E-state index < -0.39 is 15.9 Å². The lowest BCUT2D eigenvalue weighted by Gasteiger charge is -2.20. The first-order chi connectivity index (χ1) is 15.6. The molecule has 0 aliphatic rings. The predicted molar refractivity (Wildman–Crippen MR) is 129 cm³/mol. The van der Waals surface area contributed by atoms with Crippen LogP contribution in [0.1, 0.15) is 41.0 Å². The van der Waals surface area contributed by atoms with Crippen LogP contribution in [0.2, 0.25) is 0 Å². The highest BCUT2D eigenvalue weighted by Gasteiger charge is 2.27. The van der Waals surface area contributed by atoms with E-state index in [0.717, 1.165) is 22.5 Å². The number of nitrogens with zero attached hydrogens (tertiary/aromatic N) is 3. The van der Waals surface area contributed by atoms with Crippen LogP contribution in [0, 0.1) is 20.8 Å². The van der Waals surface area contributed by atoms with Crippen LogP contribution in [0.3, 0.4) is 0 Å². The Balaban J connectivity index is 2.00. The first-order valence-electron chi connectivity index (χ1n) is 10.8. The zero-order valence-corrected chi connectivity index (χ0v) is 20.7. The Labute approximate surface area is 195 Å². The summed E-state index contributed by atoms with van der Waals surface area (Å²) in [6.07, 6.45) is 0. The second kappa shape index (κ2) is 9.76. The number of ether oxygens (including phenoxy) is 1. The largest absolute Gasteiger partial charge is 0.495 e. The number of carbonyl (C=O) groups is 1. The van der Waals surface area contributed by atoms with Gasteiger partial charge in [-0.05, 0) is 62.2 Å². The number of hydrogen-bond acceptors (Lipinski definition) is 5. The second-order valence-corrected chi connectivity index (χ2v) is 9.74. The van der Waals surface area contributed by atoms with Gasteiger partial charge in [-0.3, -0.25) is 4.79 Å². The highest BCUT2D eigenvalue weighted by atomic mass is 32.2. The minimum absolute atomic E-state index is 0.0413. The lowest BCUT2D eigenvalue weighted by Crippen LogP contribution is -2.31. The molecule has 1 heterocycles. The van der Waals surface area contributed by atoms with Gasteiger partial charge in [-0.15, -0.1) is 0 Å². The van der Waals surface area contributed by atoms with E-state index in [1.165, 1.54) is 23.5 Å². The second-order valence-electron chi connectivity index (χ2n) is 7.84. The van der Waals surface area contributed by atoms with Crippen LogP contribution in [0.15, 0.2) is 47.4 Å². The zero-order chi connectivity index (χ0) is 24.3. The van der Waals surface area contributed by atoms with E-state index in [1.54, 1.807) is 30.7 Å². The number of rotatable bonds is 8. The van der Waals surface area contributed by atoms with Crippen LogP contribution in [0.25, 0.3) is 5.69 Å². The summed E-state index contributed by atoms with van der Waals surface area (Å²) in [5.41, 5.74) is 3.93. The maximum Gasteiger partial charge on any atom is 0.256 e. The summed E-state index contributed by atoms with van der Waals surface area (Å²) in [5, 5.41) is 7.39. The molecule has 0 spiro atoms. The third-order valence-corrected chi connectivity index (χ3v) is 7.34.